The van der Waals surface area contributed by atoms with Gasteiger partial charge >= 0.3 is 0 Å². The minimum atomic E-state index is -0.727. The van der Waals surface area contributed by atoms with E-state index in [0.29, 0.717) is 5.75 Å². The first-order valence-corrected chi connectivity index (χ1v) is 5.92. The maximum atomic E-state index is 13.7. The van der Waals surface area contributed by atoms with Crippen LogP contribution in [0.2, 0.25) is 0 Å². The standard InChI is InChI=1S/C15H13F2NO2/c1-9-3-6-14(13(17)7-9)18-15(19)11-5-4-10(20-2)8-12(11)16/h3-8H,1-2H3,(H,18,19). The van der Waals surface area contributed by atoms with E-state index in [2.05, 4.69) is 5.32 Å². The van der Waals surface area contributed by atoms with E-state index < -0.39 is 17.5 Å². The van der Waals surface area contributed by atoms with Gasteiger partial charge in [0.05, 0.1) is 18.4 Å². The van der Waals surface area contributed by atoms with Crippen LogP contribution in [0.25, 0.3) is 0 Å². The van der Waals surface area contributed by atoms with Crippen LogP contribution in [0.5, 0.6) is 5.75 Å². The van der Waals surface area contributed by atoms with Crippen LogP contribution in [0.4, 0.5) is 14.5 Å². The Morgan fingerprint density at radius 3 is 2.45 bits per heavy atom. The first-order chi connectivity index (χ1) is 9.51. The number of hydrogen-bond donors (Lipinski definition) is 1. The van der Waals surface area contributed by atoms with Gasteiger partial charge in [-0.15, -0.1) is 0 Å². The molecule has 0 atom stereocenters. The van der Waals surface area contributed by atoms with Crippen LogP contribution in [0.15, 0.2) is 36.4 Å². The molecule has 0 aliphatic carbocycles. The first kappa shape index (κ1) is 14.0. The third kappa shape index (κ3) is 2.93. The van der Waals surface area contributed by atoms with Crippen molar-refractivity contribution in [3.8, 4) is 5.75 Å². The normalized spacial score (nSPS) is 10.2. The average Bonchev–Trinajstić information content (AvgIpc) is 2.41. The maximum absolute atomic E-state index is 13.7. The number of halogens is 2. The fourth-order valence-corrected chi connectivity index (χ4v) is 1.72. The molecule has 1 amide bonds. The van der Waals surface area contributed by atoms with E-state index in [-0.39, 0.29) is 11.3 Å². The molecular weight excluding hydrogens is 264 g/mol. The maximum Gasteiger partial charge on any atom is 0.258 e. The summed E-state index contributed by atoms with van der Waals surface area (Å²) >= 11 is 0. The Labute approximate surface area is 115 Å². The molecule has 1 N–H and O–H groups in total. The summed E-state index contributed by atoms with van der Waals surface area (Å²) in [5, 5.41) is 2.34. The van der Waals surface area contributed by atoms with Crippen LogP contribution >= 0.6 is 0 Å². The van der Waals surface area contributed by atoms with Crippen molar-refractivity contribution in [2.24, 2.45) is 0 Å². The van der Waals surface area contributed by atoms with E-state index in [1.165, 1.54) is 31.4 Å². The van der Waals surface area contributed by atoms with Crippen molar-refractivity contribution in [2.45, 2.75) is 6.92 Å². The molecule has 3 nitrogen and oxygen atoms in total. The van der Waals surface area contributed by atoms with Crippen LogP contribution < -0.4 is 10.1 Å². The Bertz CT molecular complexity index is 656. The molecule has 0 fully saturated rings. The van der Waals surface area contributed by atoms with Crippen molar-refractivity contribution in [3.05, 3.63) is 59.2 Å². The molecule has 5 heteroatoms. The Morgan fingerprint density at radius 1 is 1.10 bits per heavy atom. The number of anilines is 1. The monoisotopic (exact) mass is 277 g/mol. The van der Waals surface area contributed by atoms with Gasteiger partial charge in [-0.25, -0.2) is 8.78 Å². The van der Waals surface area contributed by atoms with Gasteiger partial charge in [-0.2, -0.15) is 0 Å². The summed E-state index contributed by atoms with van der Waals surface area (Å²) in [4.78, 5) is 11.9. The summed E-state index contributed by atoms with van der Waals surface area (Å²) in [6.45, 7) is 1.73. The Balaban J connectivity index is 2.24. The molecule has 2 rings (SSSR count). The number of amides is 1. The smallest absolute Gasteiger partial charge is 0.258 e. The fourth-order valence-electron chi connectivity index (χ4n) is 1.72. The first-order valence-electron chi connectivity index (χ1n) is 5.92. The molecule has 0 aromatic heterocycles. The highest BCUT2D eigenvalue weighted by Gasteiger charge is 2.14. The molecule has 0 saturated carbocycles. The number of ether oxygens (including phenoxy) is 1. The van der Waals surface area contributed by atoms with Crippen LogP contribution in [0.3, 0.4) is 0 Å². The zero-order valence-electron chi connectivity index (χ0n) is 11.0. The van der Waals surface area contributed by atoms with Crippen molar-refractivity contribution < 1.29 is 18.3 Å². The fraction of sp³-hybridized carbons (Fsp3) is 0.133. The second-order valence-corrected chi connectivity index (χ2v) is 4.28. The summed E-state index contributed by atoms with van der Waals surface area (Å²) in [5.74, 6) is -1.70. The van der Waals surface area contributed by atoms with Gasteiger partial charge in [0.1, 0.15) is 17.4 Å². The molecule has 0 aliphatic rings. The topological polar surface area (TPSA) is 38.3 Å². The van der Waals surface area contributed by atoms with E-state index in [1.54, 1.807) is 13.0 Å². The summed E-state index contributed by atoms with van der Waals surface area (Å²) in [7, 11) is 1.40. The third-order valence-electron chi connectivity index (χ3n) is 2.79. The van der Waals surface area contributed by atoms with E-state index in [4.69, 9.17) is 4.74 Å². The zero-order chi connectivity index (χ0) is 14.7. The summed E-state index contributed by atoms with van der Waals surface area (Å²) < 4.78 is 32.2. The van der Waals surface area contributed by atoms with Crippen molar-refractivity contribution in [3.63, 3.8) is 0 Å². The SMILES string of the molecule is COc1ccc(C(=O)Nc2ccc(C)cc2F)c(F)c1. The van der Waals surface area contributed by atoms with E-state index >= 15 is 0 Å². The molecule has 0 heterocycles. The number of rotatable bonds is 3. The molecule has 2 aromatic carbocycles. The van der Waals surface area contributed by atoms with Crippen LogP contribution in [0.1, 0.15) is 15.9 Å². The van der Waals surface area contributed by atoms with Gasteiger partial charge in [-0.1, -0.05) is 6.07 Å². The zero-order valence-corrected chi connectivity index (χ0v) is 11.0. The second-order valence-electron chi connectivity index (χ2n) is 4.28. The van der Waals surface area contributed by atoms with Gasteiger partial charge in [0.25, 0.3) is 5.91 Å². The molecule has 2 aromatic rings. The second kappa shape index (κ2) is 5.69. The number of nitrogens with one attached hydrogen (secondary N) is 1. The van der Waals surface area contributed by atoms with Crippen LogP contribution in [-0.4, -0.2) is 13.0 Å². The molecule has 104 valence electrons. The third-order valence-corrected chi connectivity index (χ3v) is 2.79. The van der Waals surface area contributed by atoms with E-state index in [0.717, 1.165) is 11.6 Å². The van der Waals surface area contributed by atoms with Gasteiger partial charge in [0, 0.05) is 6.07 Å². The number of aryl methyl sites for hydroxylation is 1. The number of carbonyl (C=O) groups is 1. The van der Waals surface area contributed by atoms with Gasteiger partial charge in [-0.3, -0.25) is 4.79 Å². The summed E-state index contributed by atoms with van der Waals surface area (Å²) in [5.41, 5.74) is 0.567. The van der Waals surface area contributed by atoms with Crippen molar-refractivity contribution >= 4 is 11.6 Å². The molecule has 0 spiro atoms. The minimum Gasteiger partial charge on any atom is -0.497 e. The highest BCUT2D eigenvalue weighted by atomic mass is 19.1. The van der Waals surface area contributed by atoms with E-state index in [9.17, 15) is 13.6 Å². The predicted octanol–water partition coefficient (Wildman–Crippen LogP) is 3.53. The molecular formula is C15H13F2NO2. The van der Waals surface area contributed by atoms with Crippen molar-refractivity contribution in [2.75, 3.05) is 12.4 Å². The number of methoxy groups -OCH3 is 1. The number of carbonyl (C=O) groups excluding carboxylic acids is 1. The van der Waals surface area contributed by atoms with Gasteiger partial charge < -0.3 is 10.1 Å². The summed E-state index contributed by atoms with van der Waals surface area (Å²) in [6, 6.07) is 8.23. The van der Waals surface area contributed by atoms with E-state index in [1.807, 2.05) is 0 Å². The molecule has 0 bridgehead atoms. The van der Waals surface area contributed by atoms with Crippen LogP contribution in [0, 0.1) is 18.6 Å². The highest BCUT2D eigenvalue weighted by molar-refractivity contribution is 6.04. The molecule has 0 radical (unpaired) electrons. The van der Waals surface area contributed by atoms with Gasteiger partial charge in [0.2, 0.25) is 0 Å². The Kier molecular flexibility index (Phi) is 3.98. The lowest BCUT2D eigenvalue weighted by molar-refractivity contribution is 0.102. The lowest BCUT2D eigenvalue weighted by atomic mass is 10.1. The van der Waals surface area contributed by atoms with Crippen molar-refractivity contribution in [1.29, 1.82) is 0 Å². The Hall–Kier alpha value is -2.43. The predicted molar refractivity (Wildman–Crippen MR) is 72.0 cm³/mol. The molecule has 20 heavy (non-hydrogen) atoms. The lowest BCUT2D eigenvalue weighted by Gasteiger charge is -2.08. The number of hydrogen-bond acceptors (Lipinski definition) is 2. The molecule has 0 aliphatic heterocycles. The van der Waals surface area contributed by atoms with Gasteiger partial charge in [-0.05, 0) is 36.8 Å². The molecule has 0 saturated heterocycles. The largest absolute Gasteiger partial charge is 0.497 e. The lowest BCUT2D eigenvalue weighted by Crippen LogP contribution is -2.14. The number of benzene rings is 2. The quantitative estimate of drug-likeness (QED) is 0.932. The molecule has 0 unspecified atom stereocenters. The Morgan fingerprint density at radius 2 is 1.85 bits per heavy atom. The van der Waals surface area contributed by atoms with Crippen LogP contribution in [-0.2, 0) is 0 Å². The minimum absolute atomic E-state index is 0.0100. The highest BCUT2D eigenvalue weighted by Crippen LogP contribution is 2.19. The summed E-state index contributed by atoms with van der Waals surface area (Å²) in [6.07, 6.45) is 0. The van der Waals surface area contributed by atoms with Gasteiger partial charge in [0.15, 0.2) is 0 Å². The average molecular weight is 277 g/mol. The van der Waals surface area contributed by atoms with Crippen molar-refractivity contribution in [1.82, 2.24) is 0 Å².